The van der Waals surface area contributed by atoms with E-state index in [1.165, 1.54) is 44.9 Å². The molecule has 25 heavy (non-hydrogen) atoms. The van der Waals surface area contributed by atoms with E-state index < -0.39 is 4.92 Å². The Morgan fingerprint density at radius 3 is 2.76 bits per heavy atom. The van der Waals surface area contributed by atoms with Crippen LogP contribution in [0.25, 0.3) is 0 Å². The smallest absolute Gasteiger partial charge is 0.314 e. The van der Waals surface area contributed by atoms with Crippen molar-refractivity contribution in [2.24, 2.45) is 11.8 Å². The molecule has 0 unspecified atom stereocenters. The van der Waals surface area contributed by atoms with Crippen LogP contribution < -0.4 is 9.47 Å². The average Bonchev–Trinajstić information content (AvgIpc) is 2.65. The molecule has 7 heteroatoms. The van der Waals surface area contributed by atoms with Crippen LogP contribution in [-0.2, 0) is 4.79 Å². The Hall–Kier alpha value is -2.31. The maximum atomic E-state index is 12.5. The number of hydrogen-bond acceptors (Lipinski definition) is 5. The maximum absolute atomic E-state index is 12.5. The van der Waals surface area contributed by atoms with E-state index in [1.807, 2.05) is 4.90 Å². The molecule has 7 nitrogen and oxygen atoms in total. The van der Waals surface area contributed by atoms with Gasteiger partial charge in [-0.3, -0.25) is 14.9 Å². The molecule has 0 aromatic heterocycles. The highest BCUT2D eigenvalue weighted by atomic mass is 16.6. The van der Waals surface area contributed by atoms with E-state index in [2.05, 4.69) is 0 Å². The standard InChI is InChI=1S/C18H24N2O5/c1-24-15-6-7-17(16(10-15)20(22)23)25-12-18(21)19-9-8-13-4-2-3-5-14(13)11-19/h6-7,10,13-14H,2-5,8-9,11-12H2,1H3/t13-,14+/m0/s1. The molecular formula is C18H24N2O5. The summed E-state index contributed by atoms with van der Waals surface area (Å²) >= 11 is 0. The summed E-state index contributed by atoms with van der Waals surface area (Å²) < 4.78 is 10.5. The summed E-state index contributed by atoms with van der Waals surface area (Å²) in [4.78, 5) is 24.9. The highest BCUT2D eigenvalue weighted by molar-refractivity contribution is 5.78. The Morgan fingerprint density at radius 1 is 1.28 bits per heavy atom. The van der Waals surface area contributed by atoms with Gasteiger partial charge in [-0.1, -0.05) is 19.3 Å². The normalized spacial score (nSPS) is 22.8. The lowest BCUT2D eigenvalue weighted by molar-refractivity contribution is -0.385. The van der Waals surface area contributed by atoms with Gasteiger partial charge < -0.3 is 14.4 Å². The zero-order valence-electron chi connectivity index (χ0n) is 14.5. The van der Waals surface area contributed by atoms with Crippen molar-refractivity contribution in [2.75, 3.05) is 26.8 Å². The van der Waals surface area contributed by atoms with Gasteiger partial charge in [-0.05, 0) is 36.8 Å². The maximum Gasteiger partial charge on any atom is 0.314 e. The van der Waals surface area contributed by atoms with E-state index in [9.17, 15) is 14.9 Å². The summed E-state index contributed by atoms with van der Waals surface area (Å²) in [6, 6.07) is 4.35. The van der Waals surface area contributed by atoms with Crippen molar-refractivity contribution in [3.63, 3.8) is 0 Å². The van der Waals surface area contributed by atoms with E-state index >= 15 is 0 Å². The molecule has 2 fully saturated rings. The van der Waals surface area contributed by atoms with Gasteiger partial charge >= 0.3 is 5.69 Å². The molecule has 1 heterocycles. The van der Waals surface area contributed by atoms with E-state index in [4.69, 9.17) is 9.47 Å². The zero-order chi connectivity index (χ0) is 17.8. The average molecular weight is 348 g/mol. The Labute approximate surface area is 147 Å². The number of carbonyl (C=O) groups excluding carboxylic acids is 1. The second-order valence-electron chi connectivity index (χ2n) is 6.81. The third-order valence-corrected chi connectivity index (χ3v) is 5.36. The van der Waals surface area contributed by atoms with Gasteiger partial charge in [-0.25, -0.2) is 0 Å². The number of methoxy groups -OCH3 is 1. The summed E-state index contributed by atoms with van der Waals surface area (Å²) in [5, 5.41) is 11.2. The number of amides is 1. The Balaban J connectivity index is 1.60. The lowest BCUT2D eigenvalue weighted by Crippen LogP contribution is -2.46. The van der Waals surface area contributed by atoms with Gasteiger partial charge in [-0.15, -0.1) is 0 Å². The number of carbonyl (C=O) groups is 1. The summed E-state index contributed by atoms with van der Waals surface area (Å²) in [7, 11) is 1.44. The number of hydrogen-bond donors (Lipinski definition) is 0. The van der Waals surface area contributed by atoms with Crippen LogP contribution >= 0.6 is 0 Å². The lowest BCUT2D eigenvalue weighted by Gasteiger charge is -2.41. The van der Waals surface area contributed by atoms with Crippen molar-refractivity contribution in [2.45, 2.75) is 32.1 Å². The summed E-state index contributed by atoms with van der Waals surface area (Å²) in [5.74, 6) is 1.72. The molecule has 1 saturated heterocycles. The minimum atomic E-state index is -0.532. The zero-order valence-corrected chi connectivity index (χ0v) is 14.5. The Bertz CT molecular complexity index is 648. The lowest BCUT2D eigenvalue weighted by atomic mass is 9.75. The summed E-state index contributed by atoms with van der Waals surface area (Å²) in [5.41, 5.74) is -0.196. The fraction of sp³-hybridized carbons (Fsp3) is 0.611. The molecule has 1 aromatic carbocycles. The van der Waals surface area contributed by atoms with Gasteiger partial charge in [0.15, 0.2) is 12.4 Å². The topological polar surface area (TPSA) is 81.9 Å². The SMILES string of the molecule is COc1ccc(OCC(=O)N2CC[C@@H]3CCCC[C@@H]3C2)c([N+](=O)[O-])c1. The third-order valence-electron chi connectivity index (χ3n) is 5.36. The number of likely N-dealkylation sites (tertiary alicyclic amines) is 1. The van der Waals surface area contributed by atoms with Crippen molar-refractivity contribution < 1.29 is 19.2 Å². The van der Waals surface area contributed by atoms with Gasteiger partial charge in [0, 0.05) is 13.1 Å². The van der Waals surface area contributed by atoms with Crippen LogP contribution in [0, 0.1) is 22.0 Å². The first-order valence-corrected chi connectivity index (χ1v) is 8.81. The first kappa shape index (κ1) is 17.5. The summed E-state index contributed by atoms with van der Waals surface area (Å²) in [6.07, 6.45) is 6.08. The molecular weight excluding hydrogens is 324 g/mol. The van der Waals surface area contributed by atoms with Gasteiger partial charge in [0.05, 0.1) is 18.1 Å². The monoisotopic (exact) mass is 348 g/mol. The second kappa shape index (κ2) is 7.72. The molecule has 0 bridgehead atoms. The first-order chi connectivity index (χ1) is 12.1. The molecule has 0 spiro atoms. The fourth-order valence-corrected chi connectivity index (χ4v) is 3.95. The number of piperidine rings is 1. The second-order valence-corrected chi connectivity index (χ2v) is 6.81. The van der Waals surface area contributed by atoms with Crippen LogP contribution in [0.3, 0.4) is 0 Å². The highest BCUT2D eigenvalue weighted by Crippen LogP contribution is 2.36. The van der Waals surface area contributed by atoms with Crippen molar-refractivity contribution in [1.29, 1.82) is 0 Å². The quantitative estimate of drug-likeness (QED) is 0.603. The van der Waals surface area contributed by atoms with Crippen LogP contribution in [0.1, 0.15) is 32.1 Å². The molecule has 1 aliphatic heterocycles. The number of benzene rings is 1. The van der Waals surface area contributed by atoms with Crippen LogP contribution in [-0.4, -0.2) is 42.5 Å². The number of fused-ring (bicyclic) bond motifs is 1. The largest absolute Gasteiger partial charge is 0.496 e. The third kappa shape index (κ3) is 4.03. The van der Waals surface area contributed by atoms with Crippen molar-refractivity contribution >= 4 is 11.6 Å². The van der Waals surface area contributed by atoms with Gasteiger partial charge in [0.1, 0.15) is 5.75 Å². The number of ether oxygens (including phenoxy) is 2. The molecule has 1 amide bonds. The van der Waals surface area contributed by atoms with Gasteiger partial charge in [-0.2, -0.15) is 0 Å². The van der Waals surface area contributed by atoms with E-state index in [0.29, 0.717) is 11.7 Å². The van der Waals surface area contributed by atoms with Crippen LogP contribution in [0.15, 0.2) is 18.2 Å². The number of nitro benzene ring substituents is 1. The number of rotatable bonds is 5. The van der Waals surface area contributed by atoms with Gasteiger partial charge in [0.2, 0.25) is 0 Å². The van der Waals surface area contributed by atoms with Crippen LogP contribution in [0.4, 0.5) is 5.69 Å². The number of nitrogens with zero attached hydrogens (tertiary/aromatic N) is 2. The molecule has 2 aliphatic rings. The predicted octanol–water partition coefficient (Wildman–Crippen LogP) is 3.02. The molecule has 136 valence electrons. The molecule has 0 N–H and O–H groups in total. The minimum Gasteiger partial charge on any atom is -0.496 e. The summed E-state index contributed by atoms with van der Waals surface area (Å²) in [6.45, 7) is 1.37. The van der Waals surface area contributed by atoms with Crippen molar-refractivity contribution in [1.82, 2.24) is 4.90 Å². The van der Waals surface area contributed by atoms with Gasteiger partial charge in [0.25, 0.3) is 5.91 Å². The molecule has 1 aliphatic carbocycles. The molecule has 2 atom stereocenters. The van der Waals surface area contributed by atoms with E-state index in [-0.39, 0.29) is 24.0 Å². The predicted molar refractivity (Wildman–Crippen MR) is 91.8 cm³/mol. The van der Waals surface area contributed by atoms with Crippen LogP contribution in [0.2, 0.25) is 0 Å². The number of nitro groups is 1. The molecule has 1 saturated carbocycles. The van der Waals surface area contributed by atoms with Crippen molar-refractivity contribution in [3.8, 4) is 11.5 Å². The minimum absolute atomic E-state index is 0.0895. The molecule has 1 aromatic rings. The molecule has 3 rings (SSSR count). The first-order valence-electron chi connectivity index (χ1n) is 8.81. The van der Waals surface area contributed by atoms with E-state index in [1.54, 1.807) is 6.07 Å². The van der Waals surface area contributed by atoms with Crippen LogP contribution in [0.5, 0.6) is 11.5 Å². The Kier molecular flexibility index (Phi) is 5.40. The molecule has 0 radical (unpaired) electrons. The van der Waals surface area contributed by atoms with Crippen molar-refractivity contribution in [3.05, 3.63) is 28.3 Å². The fourth-order valence-electron chi connectivity index (χ4n) is 3.95. The Morgan fingerprint density at radius 2 is 2.04 bits per heavy atom. The highest BCUT2D eigenvalue weighted by Gasteiger charge is 2.33. The van der Waals surface area contributed by atoms with E-state index in [0.717, 1.165) is 25.4 Å².